The second kappa shape index (κ2) is 6.38. The fraction of sp³-hybridized carbons (Fsp3) is 0.111. The van der Waals surface area contributed by atoms with Crippen LogP contribution in [0, 0.1) is 0 Å². The molecule has 0 fully saturated rings. The van der Waals surface area contributed by atoms with Crippen LogP contribution in [-0.2, 0) is 4.79 Å². The summed E-state index contributed by atoms with van der Waals surface area (Å²) in [4.78, 5) is 27.8. The number of nitrogens with zero attached hydrogens (tertiary/aromatic N) is 1. The summed E-state index contributed by atoms with van der Waals surface area (Å²) in [7, 11) is 0. The Kier molecular flexibility index (Phi) is 4.07. The van der Waals surface area contributed by atoms with E-state index in [1.807, 2.05) is 17.5 Å². The Bertz CT molecular complexity index is 922. The van der Waals surface area contributed by atoms with E-state index in [0.717, 1.165) is 10.4 Å². The zero-order valence-corrected chi connectivity index (χ0v) is 14.5. The van der Waals surface area contributed by atoms with Crippen LogP contribution in [0.5, 0.6) is 0 Å². The molecular formula is C18H13ClN2O3S. The Morgan fingerprint density at radius 1 is 1.28 bits per heavy atom. The van der Waals surface area contributed by atoms with Gasteiger partial charge in [-0.3, -0.25) is 9.59 Å². The summed E-state index contributed by atoms with van der Waals surface area (Å²) < 4.78 is 5.26. The summed E-state index contributed by atoms with van der Waals surface area (Å²) in [6, 6.07) is 11.9. The summed E-state index contributed by atoms with van der Waals surface area (Å²) in [5.41, 5.74) is 1.43. The van der Waals surface area contributed by atoms with E-state index >= 15 is 0 Å². The molecule has 25 heavy (non-hydrogen) atoms. The summed E-state index contributed by atoms with van der Waals surface area (Å²) >= 11 is 7.71. The molecule has 1 aliphatic heterocycles. The average Bonchev–Trinajstić information content (AvgIpc) is 3.27. The molecule has 5 nitrogen and oxygen atoms in total. The van der Waals surface area contributed by atoms with Gasteiger partial charge in [-0.25, -0.2) is 0 Å². The smallest absolute Gasteiger partial charge is 0.290 e. The summed E-state index contributed by atoms with van der Waals surface area (Å²) in [5.74, 6) is -0.409. The molecule has 0 aliphatic carbocycles. The SMILES string of the molecule is O=C1CN(C(=O)c2ccco2)C(c2cccs2)c2cc(Cl)ccc2N1. The molecule has 7 heteroatoms. The van der Waals surface area contributed by atoms with Gasteiger partial charge >= 0.3 is 0 Å². The Hall–Kier alpha value is -2.57. The molecule has 0 radical (unpaired) electrons. The van der Waals surface area contributed by atoms with E-state index in [1.54, 1.807) is 30.3 Å². The van der Waals surface area contributed by atoms with E-state index in [-0.39, 0.29) is 24.1 Å². The first-order valence-electron chi connectivity index (χ1n) is 7.60. The van der Waals surface area contributed by atoms with Crippen molar-refractivity contribution >= 4 is 40.4 Å². The molecule has 3 heterocycles. The number of anilines is 1. The Labute approximate surface area is 152 Å². The van der Waals surface area contributed by atoms with Gasteiger partial charge in [-0.1, -0.05) is 17.7 Å². The number of halogens is 1. The first-order chi connectivity index (χ1) is 12.1. The van der Waals surface area contributed by atoms with Crippen LogP contribution in [0.4, 0.5) is 5.69 Å². The van der Waals surface area contributed by atoms with Crippen LogP contribution in [-0.4, -0.2) is 23.3 Å². The second-order valence-electron chi connectivity index (χ2n) is 5.61. The first kappa shape index (κ1) is 15.9. The van der Waals surface area contributed by atoms with Crippen molar-refractivity contribution in [3.8, 4) is 0 Å². The molecule has 1 N–H and O–H groups in total. The van der Waals surface area contributed by atoms with Gasteiger partial charge in [-0.05, 0) is 41.8 Å². The van der Waals surface area contributed by atoms with Gasteiger partial charge in [-0.2, -0.15) is 0 Å². The number of furan rings is 1. The highest BCUT2D eigenvalue weighted by molar-refractivity contribution is 7.10. The molecule has 2 amide bonds. The van der Waals surface area contributed by atoms with Crippen LogP contribution in [0.1, 0.15) is 27.0 Å². The van der Waals surface area contributed by atoms with E-state index in [2.05, 4.69) is 5.32 Å². The van der Waals surface area contributed by atoms with Crippen molar-refractivity contribution in [1.82, 2.24) is 4.90 Å². The molecule has 0 bridgehead atoms. The molecule has 0 saturated heterocycles. The van der Waals surface area contributed by atoms with Gasteiger partial charge in [0.15, 0.2) is 5.76 Å². The third-order valence-corrected chi connectivity index (χ3v) is 5.17. The fourth-order valence-corrected chi connectivity index (χ4v) is 4.00. The predicted molar refractivity (Wildman–Crippen MR) is 96.0 cm³/mol. The summed E-state index contributed by atoms with van der Waals surface area (Å²) in [5, 5.41) is 5.34. The van der Waals surface area contributed by atoms with Crippen LogP contribution < -0.4 is 5.32 Å². The van der Waals surface area contributed by atoms with Gasteiger partial charge in [0.25, 0.3) is 5.91 Å². The molecule has 1 aliphatic rings. The maximum Gasteiger partial charge on any atom is 0.290 e. The minimum Gasteiger partial charge on any atom is -0.459 e. The van der Waals surface area contributed by atoms with Gasteiger partial charge in [0.2, 0.25) is 5.91 Å². The van der Waals surface area contributed by atoms with Crippen LogP contribution in [0.25, 0.3) is 0 Å². The van der Waals surface area contributed by atoms with E-state index in [4.69, 9.17) is 16.0 Å². The summed E-state index contributed by atoms with van der Waals surface area (Å²) in [6.45, 7) is -0.0750. The van der Waals surface area contributed by atoms with Crippen molar-refractivity contribution in [2.24, 2.45) is 0 Å². The molecule has 0 saturated carbocycles. The third-order valence-electron chi connectivity index (χ3n) is 4.01. The lowest BCUT2D eigenvalue weighted by atomic mass is 10.0. The van der Waals surface area contributed by atoms with Gasteiger partial charge in [0.05, 0.1) is 12.3 Å². The lowest BCUT2D eigenvalue weighted by Gasteiger charge is -2.28. The number of thiophene rings is 1. The van der Waals surface area contributed by atoms with Crippen LogP contribution in [0.2, 0.25) is 5.02 Å². The van der Waals surface area contributed by atoms with Crippen molar-refractivity contribution in [2.75, 3.05) is 11.9 Å². The number of carbonyl (C=O) groups is 2. The molecule has 1 aromatic carbocycles. The van der Waals surface area contributed by atoms with Gasteiger partial charge in [0, 0.05) is 21.2 Å². The zero-order chi connectivity index (χ0) is 17.4. The number of rotatable bonds is 2. The average molecular weight is 373 g/mol. The molecule has 2 aromatic heterocycles. The van der Waals surface area contributed by atoms with Gasteiger partial charge in [0.1, 0.15) is 6.54 Å². The molecule has 126 valence electrons. The van der Waals surface area contributed by atoms with Crippen LogP contribution in [0.15, 0.2) is 58.5 Å². The number of nitrogens with one attached hydrogen (secondary N) is 1. The van der Waals surface area contributed by atoms with Crippen molar-refractivity contribution in [3.05, 3.63) is 75.3 Å². The van der Waals surface area contributed by atoms with Gasteiger partial charge in [-0.15, -0.1) is 11.3 Å². The lowest BCUT2D eigenvalue weighted by molar-refractivity contribution is -0.117. The minimum atomic E-state index is -0.426. The lowest BCUT2D eigenvalue weighted by Crippen LogP contribution is -2.38. The van der Waals surface area contributed by atoms with Crippen LogP contribution >= 0.6 is 22.9 Å². The molecule has 3 aromatic rings. The summed E-state index contributed by atoms with van der Waals surface area (Å²) in [6.07, 6.45) is 1.44. The van der Waals surface area contributed by atoms with Crippen molar-refractivity contribution in [1.29, 1.82) is 0 Å². The van der Waals surface area contributed by atoms with E-state index < -0.39 is 6.04 Å². The van der Waals surface area contributed by atoms with E-state index in [0.29, 0.717) is 10.7 Å². The third kappa shape index (κ3) is 2.94. The minimum absolute atomic E-state index is 0.0750. The van der Waals surface area contributed by atoms with Crippen LogP contribution in [0.3, 0.4) is 0 Å². The number of amides is 2. The van der Waals surface area contributed by atoms with Crippen molar-refractivity contribution < 1.29 is 14.0 Å². The number of fused-ring (bicyclic) bond motifs is 1. The number of carbonyl (C=O) groups excluding carboxylic acids is 2. The molecule has 1 unspecified atom stereocenters. The molecular weight excluding hydrogens is 360 g/mol. The second-order valence-corrected chi connectivity index (χ2v) is 7.02. The Morgan fingerprint density at radius 3 is 2.88 bits per heavy atom. The highest BCUT2D eigenvalue weighted by Crippen LogP contribution is 2.39. The maximum atomic E-state index is 13.0. The zero-order valence-electron chi connectivity index (χ0n) is 12.9. The van der Waals surface area contributed by atoms with Crippen molar-refractivity contribution in [2.45, 2.75) is 6.04 Å². The number of benzene rings is 1. The standard InChI is InChI=1S/C18H13ClN2O3S/c19-11-5-6-13-12(9-11)17(15-4-2-8-25-15)21(10-16(22)20-13)18(23)14-3-1-7-24-14/h1-9,17H,10H2,(H,20,22). The van der Waals surface area contributed by atoms with Gasteiger partial charge < -0.3 is 14.6 Å². The monoisotopic (exact) mass is 372 g/mol. The number of hydrogen-bond acceptors (Lipinski definition) is 4. The van der Waals surface area contributed by atoms with E-state index in [9.17, 15) is 9.59 Å². The highest BCUT2D eigenvalue weighted by Gasteiger charge is 2.35. The number of hydrogen-bond donors (Lipinski definition) is 1. The Balaban J connectivity index is 1.89. The molecule has 1 atom stereocenters. The first-order valence-corrected chi connectivity index (χ1v) is 8.86. The maximum absolute atomic E-state index is 13.0. The molecule has 4 rings (SSSR count). The molecule has 0 spiro atoms. The fourth-order valence-electron chi connectivity index (χ4n) is 2.96. The topological polar surface area (TPSA) is 62.6 Å². The Morgan fingerprint density at radius 2 is 2.16 bits per heavy atom. The van der Waals surface area contributed by atoms with E-state index in [1.165, 1.54) is 22.5 Å². The quantitative estimate of drug-likeness (QED) is 0.734. The highest BCUT2D eigenvalue weighted by atomic mass is 35.5. The normalized spacial score (nSPS) is 16.9. The van der Waals surface area contributed by atoms with Crippen molar-refractivity contribution in [3.63, 3.8) is 0 Å². The predicted octanol–water partition coefficient (Wildman–Crippen LogP) is 4.18. The largest absolute Gasteiger partial charge is 0.459 e.